The van der Waals surface area contributed by atoms with Crippen LogP contribution in [0.3, 0.4) is 0 Å². The smallest absolute Gasteiger partial charge is 0.225 e. The first kappa shape index (κ1) is 18.5. The maximum absolute atomic E-state index is 12.2. The van der Waals surface area contributed by atoms with Gasteiger partial charge in [-0.2, -0.15) is 11.8 Å². The molecule has 1 fully saturated rings. The molecule has 1 amide bonds. The molecule has 0 radical (unpaired) electrons. The average molecular weight is 355 g/mol. The van der Waals surface area contributed by atoms with Gasteiger partial charge in [0.15, 0.2) is 0 Å². The lowest BCUT2D eigenvalue weighted by Crippen LogP contribution is -2.39. The van der Waals surface area contributed by atoms with Crippen molar-refractivity contribution in [3.63, 3.8) is 0 Å². The third-order valence-electron chi connectivity index (χ3n) is 3.62. The Balaban J connectivity index is 1.91. The van der Waals surface area contributed by atoms with Gasteiger partial charge in [0.05, 0.1) is 0 Å². The predicted molar refractivity (Wildman–Crippen MR) is 100 cm³/mol. The van der Waals surface area contributed by atoms with Crippen LogP contribution < -0.4 is 10.6 Å². The molecule has 4 nitrogen and oxygen atoms in total. The van der Waals surface area contributed by atoms with Gasteiger partial charge in [0, 0.05) is 57.5 Å². The van der Waals surface area contributed by atoms with E-state index in [2.05, 4.69) is 10.6 Å². The summed E-state index contributed by atoms with van der Waals surface area (Å²) in [4.78, 5) is 12.2. The monoisotopic (exact) mass is 354 g/mol. The van der Waals surface area contributed by atoms with Crippen LogP contribution in [-0.4, -0.2) is 39.0 Å². The van der Waals surface area contributed by atoms with E-state index in [-0.39, 0.29) is 16.7 Å². The second-order valence-corrected chi connectivity index (χ2v) is 10.1. The number of anilines is 1. The fourth-order valence-electron chi connectivity index (χ4n) is 2.29. The van der Waals surface area contributed by atoms with Crippen LogP contribution in [0.15, 0.2) is 24.3 Å². The van der Waals surface area contributed by atoms with E-state index in [1.165, 1.54) is 0 Å². The zero-order valence-electron chi connectivity index (χ0n) is 14.1. The second-order valence-electron chi connectivity index (χ2n) is 6.78. The lowest BCUT2D eigenvalue weighted by molar-refractivity contribution is -0.116. The standard InChI is InChI=1S/C17H26N2O2S2/c1-17(2,3)23(21)12-13-5-4-6-14(9-13)19-16(20)10-15-11-22-8-7-18-15/h4-6,9,15,18H,7-8,10-12H2,1-3H3,(H,19,20). The highest BCUT2D eigenvalue weighted by Gasteiger charge is 2.20. The number of carbonyl (C=O) groups is 1. The molecule has 1 aromatic rings. The molecule has 2 N–H and O–H groups in total. The Labute approximate surface area is 145 Å². The number of amides is 1. The molecule has 1 aliphatic heterocycles. The van der Waals surface area contributed by atoms with E-state index in [0.717, 1.165) is 29.3 Å². The first-order valence-corrected chi connectivity index (χ1v) is 10.4. The minimum Gasteiger partial charge on any atom is -0.326 e. The van der Waals surface area contributed by atoms with Crippen LogP contribution in [0, 0.1) is 0 Å². The molecule has 1 aliphatic rings. The lowest BCUT2D eigenvalue weighted by atomic mass is 10.2. The van der Waals surface area contributed by atoms with E-state index in [1.54, 1.807) is 0 Å². The zero-order chi connectivity index (χ0) is 16.9. The van der Waals surface area contributed by atoms with Crippen molar-refractivity contribution in [2.45, 2.75) is 43.7 Å². The molecule has 2 unspecified atom stereocenters. The van der Waals surface area contributed by atoms with E-state index >= 15 is 0 Å². The first-order chi connectivity index (χ1) is 10.8. The molecule has 1 saturated heterocycles. The van der Waals surface area contributed by atoms with Gasteiger partial charge in [-0.15, -0.1) is 0 Å². The van der Waals surface area contributed by atoms with Crippen LogP contribution in [0.2, 0.25) is 0 Å². The minimum absolute atomic E-state index is 0.0269. The number of thioether (sulfide) groups is 1. The number of benzene rings is 1. The Hall–Kier alpha value is -0.850. The van der Waals surface area contributed by atoms with E-state index < -0.39 is 10.8 Å². The molecule has 0 bridgehead atoms. The van der Waals surface area contributed by atoms with E-state index in [4.69, 9.17) is 0 Å². The van der Waals surface area contributed by atoms with Crippen molar-refractivity contribution in [2.24, 2.45) is 0 Å². The van der Waals surface area contributed by atoms with Crippen LogP contribution in [-0.2, 0) is 21.3 Å². The van der Waals surface area contributed by atoms with E-state index in [0.29, 0.717) is 12.2 Å². The van der Waals surface area contributed by atoms with Gasteiger partial charge in [-0.25, -0.2) is 0 Å². The molecule has 2 rings (SSSR count). The first-order valence-electron chi connectivity index (χ1n) is 7.93. The Morgan fingerprint density at radius 2 is 2.22 bits per heavy atom. The summed E-state index contributed by atoms with van der Waals surface area (Å²) < 4.78 is 12.0. The topological polar surface area (TPSA) is 58.2 Å². The van der Waals surface area contributed by atoms with Crippen molar-refractivity contribution in [1.29, 1.82) is 0 Å². The minimum atomic E-state index is -0.940. The van der Waals surface area contributed by atoms with Crippen molar-refractivity contribution in [1.82, 2.24) is 5.32 Å². The van der Waals surface area contributed by atoms with Crippen molar-refractivity contribution in [2.75, 3.05) is 23.4 Å². The average Bonchev–Trinajstić information content (AvgIpc) is 2.47. The Bertz CT molecular complexity index is 564. The molecule has 1 aromatic carbocycles. The molecule has 0 spiro atoms. The number of hydrogen-bond acceptors (Lipinski definition) is 4. The van der Waals surface area contributed by atoms with Gasteiger partial charge in [-0.3, -0.25) is 9.00 Å². The highest BCUT2D eigenvalue weighted by Crippen LogP contribution is 2.19. The maximum Gasteiger partial charge on any atom is 0.225 e. The molecule has 6 heteroatoms. The Kier molecular flexibility index (Phi) is 6.68. The zero-order valence-corrected chi connectivity index (χ0v) is 15.7. The molecular weight excluding hydrogens is 328 g/mol. The fourth-order valence-corrected chi connectivity index (χ4v) is 4.16. The lowest BCUT2D eigenvalue weighted by Gasteiger charge is -2.22. The third kappa shape index (κ3) is 6.28. The SMILES string of the molecule is CC(C)(C)S(=O)Cc1cccc(NC(=O)CC2CSCCN2)c1. The quantitative estimate of drug-likeness (QED) is 0.854. The highest BCUT2D eigenvalue weighted by atomic mass is 32.2. The normalized spacial score (nSPS) is 20.0. The number of carbonyl (C=O) groups excluding carboxylic acids is 1. The van der Waals surface area contributed by atoms with Gasteiger partial charge < -0.3 is 10.6 Å². The van der Waals surface area contributed by atoms with Gasteiger partial charge >= 0.3 is 0 Å². The Morgan fingerprint density at radius 3 is 2.87 bits per heavy atom. The van der Waals surface area contributed by atoms with Crippen molar-refractivity contribution < 1.29 is 9.00 Å². The van der Waals surface area contributed by atoms with Gasteiger partial charge in [0.2, 0.25) is 5.91 Å². The molecule has 2 atom stereocenters. The summed E-state index contributed by atoms with van der Waals surface area (Å²) in [7, 11) is -0.940. The summed E-state index contributed by atoms with van der Waals surface area (Å²) in [6.07, 6.45) is 0.491. The molecule has 0 saturated carbocycles. The predicted octanol–water partition coefficient (Wildman–Crippen LogP) is 2.77. The Morgan fingerprint density at radius 1 is 1.43 bits per heavy atom. The molecule has 0 aliphatic carbocycles. The summed E-state index contributed by atoms with van der Waals surface area (Å²) >= 11 is 1.89. The summed E-state index contributed by atoms with van der Waals surface area (Å²) in [5.41, 5.74) is 1.77. The van der Waals surface area contributed by atoms with E-state index in [9.17, 15) is 9.00 Å². The third-order valence-corrected chi connectivity index (χ3v) is 6.71. The summed E-state index contributed by atoms with van der Waals surface area (Å²) in [5, 5.41) is 6.32. The molecule has 128 valence electrons. The van der Waals surface area contributed by atoms with Crippen molar-refractivity contribution in [3.05, 3.63) is 29.8 Å². The number of hydrogen-bond donors (Lipinski definition) is 2. The molecule has 1 heterocycles. The van der Waals surface area contributed by atoms with Crippen molar-refractivity contribution >= 4 is 34.2 Å². The van der Waals surface area contributed by atoms with Crippen molar-refractivity contribution in [3.8, 4) is 0 Å². The number of nitrogens with one attached hydrogen (secondary N) is 2. The van der Waals surface area contributed by atoms with Crippen LogP contribution in [0.5, 0.6) is 0 Å². The van der Waals surface area contributed by atoms with Crippen LogP contribution in [0.1, 0.15) is 32.8 Å². The maximum atomic E-state index is 12.2. The summed E-state index contributed by atoms with van der Waals surface area (Å²) in [5.74, 6) is 2.64. The van der Waals surface area contributed by atoms with Gasteiger partial charge in [0.1, 0.15) is 0 Å². The summed E-state index contributed by atoms with van der Waals surface area (Å²) in [6, 6.07) is 7.91. The van der Waals surface area contributed by atoms with Crippen LogP contribution in [0.4, 0.5) is 5.69 Å². The summed E-state index contributed by atoms with van der Waals surface area (Å²) in [6.45, 7) is 6.90. The number of rotatable bonds is 5. The van der Waals surface area contributed by atoms with Crippen LogP contribution in [0.25, 0.3) is 0 Å². The molecule has 0 aromatic heterocycles. The fraction of sp³-hybridized carbons (Fsp3) is 0.588. The van der Waals surface area contributed by atoms with Gasteiger partial charge in [-0.05, 0) is 38.5 Å². The molecule has 23 heavy (non-hydrogen) atoms. The highest BCUT2D eigenvalue weighted by molar-refractivity contribution is 7.99. The van der Waals surface area contributed by atoms with Gasteiger partial charge in [-0.1, -0.05) is 12.1 Å². The van der Waals surface area contributed by atoms with Gasteiger partial charge in [0.25, 0.3) is 0 Å². The van der Waals surface area contributed by atoms with Crippen LogP contribution >= 0.6 is 11.8 Å². The second kappa shape index (κ2) is 8.31. The largest absolute Gasteiger partial charge is 0.326 e. The van der Waals surface area contributed by atoms with E-state index in [1.807, 2.05) is 56.8 Å². The molecular formula is C17H26N2O2S2.